The molecule has 0 radical (unpaired) electrons. The van der Waals surface area contributed by atoms with Gasteiger partial charge in [0.2, 0.25) is 0 Å². The number of nitrogens with zero attached hydrogens (tertiary/aromatic N) is 3. The van der Waals surface area contributed by atoms with E-state index in [1.54, 1.807) is 0 Å². The summed E-state index contributed by atoms with van der Waals surface area (Å²) in [6.45, 7) is 11.3. The molecule has 18 heavy (non-hydrogen) atoms. The van der Waals surface area contributed by atoms with E-state index in [1.165, 1.54) is 5.56 Å². The van der Waals surface area contributed by atoms with Gasteiger partial charge in [-0.15, -0.1) is 0 Å². The van der Waals surface area contributed by atoms with Gasteiger partial charge in [-0.05, 0) is 18.6 Å². The minimum absolute atomic E-state index is 1.000. The second kappa shape index (κ2) is 5.87. The monoisotopic (exact) mass is 246 g/mol. The maximum Gasteiger partial charge on any atom is 0.0937 e. The van der Waals surface area contributed by atoms with Crippen LogP contribution in [0.3, 0.4) is 0 Å². The van der Waals surface area contributed by atoms with Gasteiger partial charge in [0.25, 0.3) is 0 Å². The number of pyridine rings is 1. The molecular weight excluding hydrogens is 224 g/mol. The van der Waals surface area contributed by atoms with Crippen molar-refractivity contribution < 1.29 is 0 Å². The predicted octanol–water partition coefficient (Wildman–Crippen LogP) is 1.20. The molecule has 1 aliphatic rings. The van der Waals surface area contributed by atoms with Crippen molar-refractivity contribution >= 4 is 0 Å². The Bertz CT molecular complexity index is 408. The maximum absolute atomic E-state index is 4.34. The lowest BCUT2D eigenvalue weighted by atomic mass is 10.2. The van der Waals surface area contributed by atoms with E-state index in [1.807, 2.05) is 19.3 Å². The molecular formula is C14H22N4. The van der Waals surface area contributed by atoms with Crippen LogP contribution in [0.15, 0.2) is 30.7 Å². The van der Waals surface area contributed by atoms with Crippen LogP contribution in [0.1, 0.15) is 11.3 Å². The number of aromatic nitrogens is 1. The molecule has 1 N–H and O–H groups in total. The van der Waals surface area contributed by atoms with Crippen molar-refractivity contribution in [1.29, 1.82) is 0 Å². The zero-order chi connectivity index (χ0) is 13.0. The molecule has 1 aromatic rings. The molecule has 98 valence electrons. The van der Waals surface area contributed by atoms with Crippen molar-refractivity contribution in [3.8, 4) is 0 Å². The van der Waals surface area contributed by atoms with Gasteiger partial charge in [-0.25, -0.2) is 0 Å². The van der Waals surface area contributed by atoms with Crippen molar-refractivity contribution in [2.24, 2.45) is 0 Å². The van der Waals surface area contributed by atoms with Crippen LogP contribution in [0.2, 0.25) is 0 Å². The van der Waals surface area contributed by atoms with E-state index < -0.39 is 0 Å². The molecule has 0 saturated carbocycles. The summed E-state index contributed by atoms with van der Waals surface area (Å²) in [6.07, 6.45) is 1.85. The average Bonchev–Trinajstić information content (AvgIpc) is 2.41. The third kappa shape index (κ3) is 3.01. The van der Waals surface area contributed by atoms with E-state index in [0.717, 1.165) is 44.2 Å². The summed E-state index contributed by atoms with van der Waals surface area (Å²) in [5.41, 5.74) is 2.47. The Morgan fingerprint density at radius 1 is 1.39 bits per heavy atom. The fourth-order valence-electron chi connectivity index (χ4n) is 2.26. The highest BCUT2D eigenvalue weighted by Crippen LogP contribution is 2.11. The number of nitrogens with one attached hydrogen (secondary N) is 1. The topological polar surface area (TPSA) is 31.4 Å². The SMILES string of the molecule is C=C(NC)N1CCN(Cc2cccnc2C)CC1. The Kier molecular flexibility index (Phi) is 4.20. The molecule has 0 bridgehead atoms. The molecule has 2 heterocycles. The summed E-state index contributed by atoms with van der Waals surface area (Å²) in [5, 5.41) is 3.11. The summed E-state index contributed by atoms with van der Waals surface area (Å²) in [7, 11) is 1.92. The van der Waals surface area contributed by atoms with E-state index >= 15 is 0 Å². The highest BCUT2D eigenvalue weighted by Gasteiger charge is 2.17. The highest BCUT2D eigenvalue weighted by molar-refractivity contribution is 5.18. The fraction of sp³-hybridized carbons (Fsp3) is 0.500. The standard InChI is InChI=1S/C14H22N4/c1-12-14(5-4-6-16-12)11-17-7-9-18(10-8-17)13(2)15-3/h4-6,15H,2,7-11H2,1,3H3. The zero-order valence-corrected chi connectivity index (χ0v) is 11.3. The molecule has 0 aliphatic carbocycles. The van der Waals surface area contributed by atoms with Crippen LogP contribution in [0.5, 0.6) is 0 Å². The second-order valence-electron chi connectivity index (χ2n) is 4.71. The molecule has 2 rings (SSSR count). The Morgan fingerprint density at radius 3 is 2.72 bits per heavy atom. The minimum atomic E-state index is 1.000. The van der Waals surface area contributed by atoms with Gasteiger partial charge in [-0.1, -0.05) is 12.6 Å². The van der Waals surface area contributed by atoms with E-state index in [2.05, 4.69) is 39.7 Å². The van der Waals surface area contributed by atoms with Crippen LogP contribution in [0, 0.1) is 6.92 Å². The number of hydrogen-bond acceptors (Lipinski definition) is 4. The minimum Gasteiger partial charge on any atom is -0.375 e. The molecule has 0 unspecified atom stereocenters. The third-order valence-electron chi connectivity index (χ3n) is 3.55. The van der Waals surface area contributed by atoms with E-state index in [0.29, 0.717) is 0 Å². The second-order valence-corrected chi connectivity index (χ2v) is 4.71. The molecule has 1 aliphatic heterocycles. The Hall–Kier alpha value is -1.55. The normalized spacial score (nSPS) is 16.7. The first-order chi connectivity index (χ1) is 8.70. The number of rotatable bonds is 4. The molecule has 0 aromatic carbocycles. The van der Waals surface area contributed by atoms with Crippen LogP contribution in [0.4, 0.5) is 0 Å². The van der Waals surface area contributed by atoms with Gasteiger partial charge in [0, 0.05) is 51.7 Å². The molecule has 0 atom stereocenters. The van der Waals surface area contributed by atoms with Gasteiger partial charge in [-0.3, -0.25) is 9.88 Å². The van der Waals surface area contributed by atoms with Crippen LogP contribution < -0.4 is 5.32 Å². The Labute approximate surface area is 109 Å². The van der Waals surface area contributed by atoms with Gasteiger partial charge in [-0.2, -0.15) is 0 Å². The molecule has 0 spiro atoms. The number of piperazine rings is 1. The summed E-state index contributed by atoms with van der Waals surface area (Å²) in [4.78, 5) is 9.11. The van der Waals surface area contributed by atoms with Gasteiger partial charge in [0.1, 0.15) is 0 Å². The number of aryl methyl sites for hydroxylation is 1. The van der Waals surface area contributed by atoms with Crippen molar-refractivity contribution in [3.63, 3.8) is 0 Å². The van der Waals surface area contributed by atoms with Gasteiger partial charge >= 0.3 is 0 Å². The summed E-state index contributed by atoms with van der Waals surface area (Å²) in [6, 6.07) is 4.18. The van der Waals surface area contributed by atoms with Gasteiger partial charge in [0.15, 0.2) is 0 Å². The molecule has 0 amide bonds. The largest absolute Gasteiger partial charge is 0.375 e. The quantitative estimate of drug-likeness (QED) is 0.865. The first kappa shape index (κ1) is 12.9. The van der Waals surface area contributed by atoms with Crippen molar-refractivity contribution in [3.05, 3.63) is 42.0 Å². The lowest BCUT2D eigenvalue weighted by Crippen LogP contribution is -2.47. The summed E-state index contributed by atoms with van der Waals surface area (Å²) < 4.78 is 0. The smallest absolute Gasteiger partial charge is 0.0937 e. The molecule has 4 nitrogen and oxygen atoms in total. The highest BCUT2D eigenvalue weighted by atomic mass is 15.3. The van der Waals surface area contributed by atoms with E-state index in [-0.39, 0.29) is 0 Å². The Morgan fingerprint density at radius 2 is 2.11 bits per heavy atom. The molecule has 1 fully saturated rings. The Balaban J connectivity index is 1.87. The van der Waals surface area contributed by atoms with E-state index in [9.17, 15) is 0 Å². The van der Waals surface area contributed by atoms with Crippen LogP contribution >= 0.6 is 0 Å². The first-order valence-electron chi connectivity index (χ1n) is 6.45. The van der Waals surface area contributed by atoms with Gasteiger partial charge in [0.05, 0.1) is 5.82 Å². The van der Waals surface area contributed by atoms with Crippen LogP contribution in [-0.4, -0.2) is 48.0 Å². The van der Waals surface area contributed by atoms with Crippen molar-refractivity contribution in [2.75, 3.05) is 33.2 Å². The van der Waals surface area contributed by atoms with Crippen LogP contribution in [0.25, 0.3) is 0 Å². The van der Waals surface area contributed by atoms with Crippen LogP contribution in [-0.2, 0) is 6.54 Å². The fourth-order valence-corrected chi connectivity index (χ4v) is 2.26. The number of hydrogen-bond donors (Lipinski definition) is 1. The lowest BCUT2D eigenvalue weighted by molar-refractivity contribution is 0.148. The van der Waals surface area contributed by atoms with Crippen molar-refractivity contribution in [1.82, 2.24) is 20.1 Å². The molecule has 4 heteroatoms. The summed E-state index contributed by atoms with van der Waals surface area (Å²) >= 11 is 0. The maximum atomic E-state index is 4.34. The predicted molar refractivity (Wildman–Crippen MR) is 74.0 cm³/mol. The third-order valence-corrected chi connectivity index (χ3v) is 3.55. The molecule has 1 aromatic heterocycles. The summed E-state index contributed by atoms with van der Waals surface area (Å²) in [5.74, 6) is 1.02. The zero-order valence-electron chi connectivity index (χ0n) is 11.3. The van der Waals surface area contributed by atoms with Crippen molar-refractivity contribution in [2.45, 2.75) is 13.5 Å². The average molecular weight is 246 g/mol. The van der Waals surface area contributed by atoms with Gasteiger partial charge < -0.3 is 10.2 Å². The van der Waals surface area contributed by atoms with E-state index in [4.69, 9.17) is 0 Å². The molecule has 1 saturated heterocycles. The lowest BCUT2D eigenvalue weighted by Gasteiger charge is -2.36. The first-order valence-corrected chi connectivity index (χ1v) is 6.45.